The minimum Gasteiger partial charge on any atom is -0.201 e. The summed E-state index contributed by atoms with van der Waals surface area (Å²) in [6, 6.07) is 0. The van der Waals surface area contributed by atoms with Gasteiger partial charge in [0, 0.05) is 13.1 Å². The molecule has 1 saturated heterocycles. The summed E-state index contributed by atoms with van der Waals surface area (Å²) in [5, 5.41) is 0. The Balaban J connectivity index is 2.56. The van der Waals surface area contributed by atoms with E-state index < -0.39 is 10.2 Å². The number of hydrogen-bond acceptors (Lipinski definition) is 2. The molecule has 0 spiro atoms. The number of nitrogens with zero attached hydrogens (tertiary/aromatic N) is 1. The maximum atomic E-state index is 10.6. The van der Waals surface area contributed by atoms with Crippen molar-refractivity contribution in [2.24, 2.45) is 0 Å². The summed E-state index contributed by atoms with van der Waals surface area (Å²) in [6.45, 7) is 0.973. The fourth-order valence-electron chi connectivity index (χ4n) is 0.668. The Morgan fingerprint density at radius 3 is 2.89 bits per heavy atom. The first kappa shape index (κ1) is 6.98. The lowest BCUT2D eigenvalue weighted by Crippen LogP contribution is -2.29. The highest BCUT2D eigenvalue weighted by molar-refractivity contribution is 7.87. The van der Waals surface area contributed by atoms with Crippen LogP contribution in [0.2, 0.25) is 0 Å². The summed E-state index contributed by atoms with van der Waals surface area (Å²) < 4.78 is 26.9. The molecule has 9 heavy (non-hydrogen) atoms. The van der Waals surface area contributed by atoms with Crippen LogP contribution in [0.5, 0.6) is 0 Å². The van der Waals surface area contributed by atoms with Gasteiger partial charge in [-0.2, -0.15) is 8.42 Å². The van der Waals surface area contributed by atoms with Crippen LogP contribution in [0.25, 0.3) is 0 Å². The van der Waals surface area contributed by atoms with E-state index in [1.807, 2.05) is 0 Å². The predicted molar refractivity (Wildman–Crippen MR) is 33.2 cm³/mol. The first-order valence-electron chi connectivity index (χ1n) is 2.89. The normalized spacial score (nSPS) is 27.1. The van der Waals surface area contributed by atoms with Crippen LogP contribution in [0.1, 0.15) is 12.8 Å². The number of rotatable bonds is 0. The summed E-state index contributed by atoms with van der Waals surface area (Å²) in [5.41, 5.74) is 0. The van der Waals surface area contributed by atoms with Crippen molar-refractivity contribution in [2.45, 2.75) is 12.8 Å². The van der Waals surface area contributed by atoms with Crippen molar-refractivity contribution in [1.29, 1.82) is 0 Å². The quantitative estimate of drug-likeness (QED) is 0.491. The molecule has 0 saturated carbocycles. The predicted octanol–water partition coefficient (Wildman–Crippen LogP) is -0.781. The Bertz CT molecular complexity index is 161. The highest BCUT2D eigenvalue weighted by Crippen LogP contribution is 1.93. The SMILES string of the molecule is O=S1(=O)[N]CCCCN1. The number of hydrogen-bond donors (Lipinski definition) is 1. The van der Waals surface area contributed by atoms with Gasteiger partial charge in [-0.3, -0.25) is 0 Å². The molecule has 1 heterocycles. The molecule has 1 fully saturated rings. The van der Waals surface area contributed by atoms with Gasteiger partial charge < -0.3 is 0 Å². The number of nitrogens with one attached hydrogen (secondary N) is 1. The minimum atomic E-state index is -3.24. The van der Waals surface area contributed by atoms with E-state index in [-0.39, 0.29) is 0 Å². The molecule has 1 N–H and O–H groups in total. The fourth-order valence-corrected chi connectivity index (χ4v) is 1.53. The second kappa shape index (κ2) is 2.64. The molecule has 0 aromatic heterocycles. The molecule has 0 aromatic carbocycles. The maximum absolute atomic E-state index is 10.6. The van der Waals surface area contributed by atoms with Crippen LogP contribution < -0.4 is 9.44 Å². The molecular weight excluding hydrogens is 140 g/mol. The van der Waals surface area contributed by atoms with Crippen molar-refractivity contribution in [3.63, 3.8) is 0 Å². The zero-order valence-corrected chi connectivity index (χ0v) is 5.82. The van der Waals surface area contributed by atoms with E-state index in [2.05, 4.69) is 9.44 Å². The first-order chi connectivity index (χ1) is 4.21. The van der Waals surface area contributed by atoms with Gasteiger partial charge in [-0.15, -0.1) is 4.72 Å². The second-order valence-corrected chi connectivity index (χ2v) is 3.43. The topological polar surface area (TPSA) is 60.3 Å². The molecule has 5 heteroatoms. The van der Waals surface area contributed by atoms with Crippen LogP contribution in [0.3, 0.4) is 0 Å². The first-order valence-corrected chi connectivity index (χ1v) is 4.33. The molecule has 0 bridgehead atoms. The third kappa shape index (κ3) is 2.30. The van der Waals surface area contributed by atoms with Crippen LogP contribution in [-0.2, 0) is 10.2 Å². The summed E-state index contributed by atoms with van der Waals surface area (Å²) in [7, 11) is -3.24. The molecular formula is C4H9N2O2S. The molecule has 0 unspecified atom stereocenters. The highest BCUT2D eigenvalue weighted by Gasteiger charge is 2.12. The van der Waals surface area contributed by atoms with E-state index in [1.165, 1.54) is 0 Å². The molecule has 4 nitrogen and oxygen atoms in total. The van der Waals surface area contributed by atoms with E-state index in [9.17, 15) is 8.42 Å². The average Bonchev–Trinajstić information content (AvgIpc) is 1.92. The van der Waals surface area contributed by atoms with E-state index in [0.29, 0.717) is 13.1 Å². The van der Waals surface area contributed by atoms with Crippen molar-refractivity contribution in [3.05, 3.63) is 0 Å². The van der Waals surface area contributed by atoms with E-state index >= 15 is 0 Å². The Morgan fingerprint density at radius 1 is 1.33 bits per heavy atom. The molecule has 1 aliphatic heterocycles. The molecule has 0 aliphatic carbocycles. The van der Waals surface area contributed by atoms with Crippen molar-refractivity contribution in [3.8, 4) is 0 Å². The monoisotopic (exact) mass is 149 g/mol. The summed E-state index contributed by atoms with van der Waals surface area (Å²) in [4.78, 5) is 0. The van der Waals surface area contributed by atoms with Gasteiger partial charge in [-0.1, -0.05) is 0 Å². The lowest BCUT2D eigenvalue weighted by molar-refractivity contribution is 0.573. The van der Waals surface area contributed by atoms with Gasteiger partial charge in [-0.25, -0.2) is 4.72 Å². The zero-order chi connectivity index (χ0) is 6.74. The second-order valence-electron chi connectivity index (χ2n) is 1.93. The molecule has 1 aliphatic rings. The van der Waals surface area contributed by atoms with E-state index in [0.717, 1.165) is 12.8 Å². The van der Waals surface area contributed by atoms with Gasteiger partial charge in [0.15, 0.2) is 0 Å². The third-order valence-electron chi connectivity index (χ3n) is 1.13. The van der Waals surface area contributed by atoms with Gasteiger partial charge >= 0.3 is 0 Å². The van der Waals surface area contributed by atoms with Gasteiger partial charge in [0.25, 0.3) is 10.2 Å². The summed E-state index contributed by atoms with van der Waals surface area (Å²) in [5.74, 6) is 0. The standard InChI is InChI=1S/C4H9N2O2S/c7-9(8)5-3-1-2-4-6-9/h5H,1-4H2. The minimum absolute atomic E-state index is 0.440. The molecule has 1 rings (SSSR count). The van der Waals surface area contributed by atoms with Gasteiger partial charge in [0.05, 0.1) is 0 Å². The van der Waals surface area contributed by atoms with Crippen molar-refractivity contribution >= 4 is 10.2 Å². The molecule has 0 aromatic rings. The molecule has 0 amide bonds. The van der Waals surface area contributed by atoms with Crippen LogP contribution in [0.4, 0.5) is 0 Å². The lowest BCUT2D eigenvalue weighted by Gasteiger charge is -1.96. The summed E-state index contributed by atoms with van der Waals surface area (Å²) >= 11 is 0. The van der Waals surface area contributed by atoms with Crippen molar-refractivity contribution < 1.29 is 8.42 Å². The van der Waals surface area contributed by atoms with Gasteiger partial charge in [0.2, 0.25) is 0 Å². The molecule has 53 valence electrons. The largest absolute Gasteiger partial charge is 0.293 e. The van der Waals surface area contributed by atoms with Crippen molar-refractivity contribution in [2.75, 3.05) is 13.1 Å². The van der Waals surface area contributed by atoms with Crippen LogP contribution in [-0.4, -0.2) is 21.5 Å². The van der Waals surface area contributed by atoms with E-state index in [1.54, 1.807) is 0 Å². The van der Waals surface area contributed by atoms with Crippen LogP contribution in [0.15, 0.2) is 0 Å². The smallest absolute Gasteiger partial charge is 0.201 e. The Kier molecular flexibility index (Phi) is 2.05. The summed E-state index contributed by atoms with van der Waals surface area (Å²) in [6.07, 6.45) is 1.76. The van der Waals surface area contributed by atoms with Gasteiger partial charge in [0.1, 0.15) is 0 Å². The lowest BCUT2D eigenvalue weighted by atomic mass is 10.3. The fraction of sp³-hybridized carbons (Fsp3) is 1.00. The zero-order valence-electron chi connectivity index (χ0n) is 5.00. The van der Waals surface area contributed by atoms with Crippen LogP contribution in [0, 0.1) is 0 Å². The highest BCUT2D eigenvalue weighted by atomic mass is 32.2. The average molecular weight is 149 g/mol. The third-order valence-corrected chi connectivity index (χ3v) is 2.22. The van der Waals surface area contributed by atoms with E-state index in [4.69, 9.17) is 0 Å². The Morgan fingerprint density at radius 2 is 2.11 bits per heavy atom. The van der Waals surface area contributed by atoms with Crippen molar-refractivity contribution in [1.82, 2.24) is 9.44 Å². The van der Waals surface area contributed by atoms with Crippen LogP contribution >= 0.6 is 0 Å². The maximum Gasteiger partial charge on any atom is 0.293 e. The molecule has 0 atom stereocenters. The van der Waals surface area contributed by atoms with Gasteiger partial charge in [-0.05, 0) is 12.8 Å². The molecule has 1 radical (unpaired) electrons. The Hall–Kier alpha value is -0.130. The Labute approximate surface area is 54.8 Å².